The average Bonchev–Trinajstić information content (AvgIpc) is 3.57. The van der Waals surface area contributed by atoms with Gasteiger partial charge < -0.3 is 15.5 Å². The van der Waals surface area contributed by atoms with Crippen molar-refractivity contribution in [3.63, 3.8) is 0 Å². The molecule has 2 amide bonds. The fourth-order valence-electron chi connectivity index (χ4n) is 3.55. The molecule has 34 heavy (non-hydrogen) atoms. The summed E-state index contributed by atoms with van der Waals surface area (Å²) in [7, 11) is 3.88. The largest absolute Gasteiger partial charge is 0.309 e. The van der Waals surface area contributed by atoms with E-state index in [1.54, 1.807) is 18.3 Å². The number of anilines is 2. The van der Waals surface area contributed by atoms with Gasteiger partial charge in [0.1, 0.15) is 5.82 Å². The molecule has 0 spiro atoms. The highest BCUT2D eigenvalue weighted by Crippen LogP contribution is 2.39. The molecule has 1 aliphatic carbocycles. The Morgan fingerprint density at radius 1 is 1.12 bits per heavy atom. The fraction of sp³-hybridized carbons (Fsp3) is 0.308. The predicted molar refractivity (Wildman–Crippen MR) is 134 cm³/mol. The minimum atomic E-state index is -0.346. The minimum Gasteiger partial charge on any atom is -0.309 e. The second kappa shape index (κ2) is 10.4. The first-order valence-corrected chi connectivity index (χ1v) is 11.4. The minimum absolute atomic E-state index is 0.107. The Labute approximate surface area is 199 Å². The van der Waals surface area contributed by atoms with Crippen molar-refractivity contribution < 1.29 is 9.59 Å². The summed E-state index contributed by atoms with van der Waals surface area (Å²) < 4.78 is 0. The molecule has 2 heterocycles. The molecule has 0 bridgehead atoms. The van der Waals surface area contributed by atoms with Gasteiger partial charge in [0, 0.05) is 42.1 Å². The zero-order chi connectivity index (χ0) is 24.1. The molecule has 1 saturated carbocycles. The van der Waals surface area contributed by atoms with Crippen LogP contribution >= 0.6 is 0 Å². The van der Waals surface area contributed by atoms with E-state index < -0.39 is 0 Å². The molecule has 4 rings (SSSR count). The number of carbonyl (C=O) groups is 2. The third kappa shape index (κ3) is 6.17. The summed E-state index contributed by atoms with van der Waals surface area (Å²) in [4.78, 5) is 31.1. The third-order valence-electron chi connectivity index (χ3n) is 5.73. The van der Waals surface area contributed by atoms with Crippen molar-refractivity contribution in [1.82, 2.24) is 20.1 Å². The van der Waals surface area contributed by atoms with Crippen LogP contribution in [0, 0.1) is 0 Å². The first-order chi connectivity index (χ1) is 16.4. The normalized spacial score (nSPS) is 14.4. The molecule has 8 nitrogen and oxygen atoms in total. The van der Waals surface area contributed by atoms with Gasteiger partial charge in [-0.05, 0) is 57.1 Å². The van der Waals surface area contributed by atoms with Gasteiger partial charge in [0.05, 0.1) is 5.92 Å². The topological polar surface area (TPSA) is 103 Å². The van der Waals surface area contributed by atoms with Gasteiger partial charge in [0.2, 0.25) is 11.8 Å². The molecule has 0 aliphatic heterocycles. The van der Waals surface area contributed by atoms with Crippen LogP contribution < -0.4 is 10.6 Å². The monoisotopic (exact) mass is 458 g/mol. The first-order valence-electron chi connectivity index (χ1n) is 11.4. The standard InChI is InChI=1S/C26H30N6O2/c1-17(26(34)29-24-15-22(30-31-24)18-9-10-18)19-6-4-7-20(14-19)21-11-12-23(27-16-21)28-25(33)8-5-13-32(2)3/h4-8,11-12,14-18H,9-10,13H2,1-3H3,(H,27,28,33)(H2,29,30,31,34)/b8-5+. The van der Waals surface area contributed by atoms with Gasteiger partial charge in [-0.25, -0.2) is 4.98 Å². The van der Waals surface area contributed by atoms with E-state index in [0.29, 0.717) is 24.1 Å². The van der Waals surface area contributed by atoms with Crippen molar-refractivity contribution in [2.24, 2.45) is 0 Å². The summed E-state index contributed by atoms with van der Waals surface area (Å²) >= 11 is 0. The molecule has 8 heteroatoms. The van der Waals surface area contributed by atoms with Crippen LogP contribution in [-0.4, -0.2) is 52.5 Å². The van der Waals surface area contributed by atoms with Crippen molar-refractivity contribution in [2.75, 3.05) is 31.3 Å². The average molecular weight is 459 g/mol. The van der Waals surface area contributed by atoms with Crippen LogP contribution in [0.3, 0.4) is 0 Å². The Morgan fingerprint density at radius 3 is 2.65 bits per heavy atom. The molecule has 3 N–H and O–H groups in total. The molecule has 1 aliphatic rings. The summed E-state index contributed by atoms with van der Waals surface area (Å²) in [6, 6.07) is 13.4. The number of hydrogen-bond acceptors (Lipinski definition) is 5. The number of carbonyl (C=O) groups excluding carboxylic acids is 2. The van der Waals surface area contributed by atoms with Crippen LogP contribution in [0.5, 0.6) is 0 Å². The number of pyridine rings is 1. The molecular weight excluding hydrogens is 428 g/mol. The van der Waals surface area contributed by atoms with Gasteiger partial charge in [0.15, 0.2) is 5.82 Å². The number of aromatic nitrogens is 3. The van der Waals surface area contributed by atoms with Gasteiger partial charge in [-0.1, -0.05) is 30.3 Å². The van der Waals surface area contributed by atoms with E-state index in [4.69, 9.17) is 0 Å². The van der Waals surface area contributed by atoms with Crippen LogP contribution in [0.25, 0.3) is 11.1 Å². The summed E-state index contributed by atoms with van der Waals surface area (Å²) in [5.74, 6) is 0.932. The Morgan fingerprint density at radius 2 is 1.94 bits per heavy atom. The maximum atomic E-state index is 12.8. The lowest BCUT2D eigenvalue weighted by molar-refractivity contribution is -0.117. The summed E-state index contributed by atoms with van der Waals surface area (Å²) in [6.45, 7) is 2.57. The van der Waals surface area contributed by atoms with E-state index in [0.717, 1.165) is 22.4 Å². The molecule has 3 aromatic rings. The van der Waals surface area contributed by atoms with Crippen LogP contribution in [-0.2, 0) is 9.59 Å². The molecule has 0 radical (unpaired) electrons. The molecule has 1 atom stereocenters. The lowest BCUT2D eigenvalue weighted by atomic mass is 9.96. The molecule has 1 unspecified atom stereocenters. The number of likely N-dealkylation sites (N-methyl/N-ethyl adjacent to an activating group) is 1. The second-order valence-corrected chi connectivity index (χ2v) is 8.91. The molecule has 0 saturated heterocycles. The zero-order valence-electron chi connectivity index (χ0n) is 19.7. The van der Waals surface area contributed by atoms with Crippen molar-refractivity contribution >= 4 is 23.5 Å². The van der Waals surface area contributed by atoms with Crippen molar-refractivity contribution in [3.8, 4) is 11.1 Å². The van der Waals surface area contributed by atoms with E-state index in [9.17, 15) is 9.59 Å². The number of H-pyrrole nitrogens is 1. The molecule has 176 valence electrons. The smallest absolute Gasteiger partial charge is 0.249 e. The number of hydrogen-bond donors (Lipinski definition) is 3. The van der Waals surface area contributed by atoms with Crippen molar-refractivity contribution in [1.29, 1.82) is 0 Å². The zero-order valence-corrected chi connectivity index (χ0v) is 19.7. The Hall–Kier alpha value is -3.78. The predicted octanol–water partition coefficient (Wildman–Crippen LogP) is 4.15. The first kappa shape index (κ1) is 23.4. The van der Waals surface area contributed by atoms with E-state index in [1.165, 1.54) is 18.9 Å². The Balaban J connectivity index is 1.38. The van der Waals surface area contributed by atoms with Crippen LogP contribution in [0.2, 0.25) is 0 Å². The van der Waals surface area contributed by atoms with Crippen LogP contribution in [0.4, 0.5) is 11.6 Å². The highest BCUT2D eigenvalue weighted by atomic mass is 16.2. The third-order valence-corrected chi connectivity index (χ3v) is 5.73. The van der Waals surface area contributed by atoms with E-state index in [2.05, 4.69) is 25.8 Å². The Bertz CT molecular complexity index is 1180. The van der Waals surface area contributed by atoms with Gasteiger partial charge in [-0.2, -0.15) is 5.10 Å². The lowest BCUT2D eigenvalue weighted by Gasteiger charge is -2.13. The summed E-state index contributed by atoms with van der Waals surface area (Å²) in [6.07, 6.45) is 7.36. The maximum absolute atomic E-state index is 12.8. The van der Waals surface area contributed by atoms with Crippen molar-refractivity contribution in [2.45, 2.75) is 31.6 Å². The number of nitrogens with zero attached hydrogens (tertiary/aromatic N) is 3. The van der Waals surface area contributed by atoms with Gasteiger partial charge in [-0.15, -0.1) is 0 Å². The van der Waals surface area contributed by atoms with Gasteiger partial charge in [0.25, 0.3) is 0 Å². The lowest BCUT2D eigenvalue weighted by Crippen LogP contribution is -2.19. The van der Waals surface area contributed by atoms with E-state index >= 15 is 0 Å². The van der Waals surface area contributed by atoms with E-state index in [1.807, 2.05) is 62.3 Å². The number of rotatable bonds is 9. The van der Waals surface area contributed by atoms with E-state index in [-0.39, 0.29) is 17.7 Å². The van der Waals surface area contributed by atoms with Crippen LogP contribution in [0.15, 0.2) is 60.8 Å². The van der Waals surface area contributed by atoms with Crippen LogP contribution in [0.1, 0.15) is 42.9 Å². The number of aromatic amines is 1. The van der Waals surface area contributed by atoms with Gasteiger partial charge >= 0.3 is 0 Å². The summed E-state index contributed by atoms with van der Waals surface area (Å²) in [5, 5.41) is 12.9. The summed E-state index contributed by atoms with van der Waals surface area (Å²) in [5.41, 5.74) is 3.83. The van der Waals surface area contributed by atoms with Gasteiger partial charge in [-0.3, -0.25) is 14.7 Å². The number of benzene rings is 1. The molecule has 2 aromatic heterocycles. The molecular formula is C26H30N6O2. The Kier molecular flexibility index (Phi) is 7.18. The highest BCUT2D eigenvalue weighted by molar-refractivity contribution is 5.98. The highest BCUT2D eigenvalue weighted by Gasteiger charge is 2.26. The quantitative estimate of drug-likeness (QED) is 0.418. The molecule has 1 fully saturated rings. The fourth-order valence-corrected chi connectivity index (χ4v) is 3.55. The number of nitrogens with one attached hydrogen (secondary N) is 3. The van der Waals surface area contributed by atoms with Crippen molar-refractivity contribution in [3.05, 3.63) is 72.1 Å². The molecule has 1 aromatic carbocycles. The maximum Gasteiger partial charge on any atom is 0.249 e. The SMILES string of the molecule is CC(C(=O)Nc1cc(C2CC2)[nH]n1)c1cccc(-c2ccc(NC(=O)/C=C/CN(C)C)nc2)c1. The second-order valence-electron chi connectivity index (χ2n) is 8.91. The number of amides is 2.